The number of hydrogen-bond donors (Lipinski definition) is 0. The summed E-state index contributed by atoms with van der Waals surface area (Å²) in [5.74, 6) is 0.215. The molecule has 0 saturated carbocycles. The zero-order valence-electron chi connectivity index (χ0n) is 12.9. The molecular formula is C17H23NO3. The van der Waals surface area contributed by atoms with Gasteiger partial charge in [0.05, 0.1) is 5.60 Å². The molecule has 1 aromatic heterocycles. The third kappa shape index (κ3) is 3.01. The minimum Gasteiger partial charge on any atom is -0.381 e. The molecule has 2 fully saturated rings. The average Bonchev–Trinajstić information content (AvgIpc) is 2.47. The smallest absolute Gasteiger partial charge is 0.184 e. The Morgan fingerprint density at radius 1 is 1.29 bits per heavy atom. The molecule has 4 heteroatoms. The van der Waals surface area contributed by atoms with Crippen molar-refractivity contribution in [1.29, 1.82) is 0 Å². The van der Waals surface area contributed by atoms with Crippen LogP contribution in [0.3, 0.4) is 0 Å². The highest BCUT2D eigenvalue weighted by Gasteiger charge is 2.41. The number of aryl methyl sites for hydroxylation is 2. The van der Waals surface area contributed by atoms with Gasteiger partial charge in [-0.3, -0.25) is 9.78 Å². The number of pyridine rings is 1. The average molecular weight is 289 g/mol. The molecule has 2 aliphatic heterocycles. The Morgan fingerprint density at radius 3 is 2.76 bits per heavy atom. The number of hydrogen-bond acceptors (Lipinski definition) is 4. The molecule has 21 heavy (non-hydrogen) atoms. The maximum absolute atomic E-state index is 12.8. The molecule has 0 N–H and O–H groups in total. The van der Waals surface area contributed by atoms with E-state index in [1.165, 1.54) is 0 Å². The SMILES string of the molecule is Cc1cnc(C(=O)C2CCOC3(CCOCC3)C2)c(C)c1. The summed E-state index contributed by atoms with van der Waals surface area (Å²) >= 11 is 0. The third-order valence-electron chi connectivity index (χ3n) is 4.72. The molecule has 0 aromatic carbocycles. The molecular weight excluding hydrogens is 266 g/mol. The first-order valence-electron chi connectivity index (χ1n) is 7.79. The molecule has 0 aliphatic carbocycles. The Morgan fingerprint density at radius 2 is 2.05 bits per heavy atom. The molecule has 114 valence electrons. The highest BCUT2D eigenvalue weighted by atomic mass is 16.5. The lowest BCUT2D eigenvalue weighted by Gasteiger charge is -2.42. The molecule has 3 heterocycles. The summed E-state index contributed by atoms with van der Waals surface area (Å²) in [5, 5.41) is 0. The molecule has 2 aliphatic rings. The van der Waals surface area contributed by atoms with Gasteiger partial charge in [0.1, 0.15) is 5.69 Å². The van der Waals surface area contributed by atoms with Crippen LogP contribution < -0.4 is 0 Å². The van der Waals surface area contributed by atoms with E-state index in [0.717, 1.165) is 50.0 Å². The summed E-state index contributed by atoms with van der Waals surface area (Å²) in [4.78, 5) is 17.2. The van der Waals surface area contributed by atoms with E-state index < -0.39 is 0 Å². The van der Waals surface area contributed by atoms with Crippen LogP contribution in [0.15, 0.2) is 12.3 Å². The van der Waals surface area contributed by atoms with Crippen LogP contribution >= 0.6 is 0 Å². The first-order valence-corrected chi connectivity index (χ1v) is 7.79. The minimum absolute atomic E-state index is 0.0331. The fraction of sp³-hybridized carbons (Fsp3) is 0.647. The van der Waals surface area contributed by atoms with Crippen LogP contribution in [0.2, 0.25) is 0 Å². The number of ether oxygens (including phenoxy) is 2. The molecule has 1 atom stereocenters. The molecule has 1 aromatic rings. The van der Waals surface area contributed by atoms with Crippen LogP contribution in [0, 0.1) is 19.8 Å². The van der Waals surface area contributed by atoms with Gasteiger partial charge in [0.15, 0.2) is 5.78 Å². The van der Waals surface area contributed by atoms with Crippen molar-refractivity contribution in [2.45, 2.75) is 45.1 Å². The van der Waals surface area contributed by atoms with Gasteiger partial charge in [0.25, 0.3) is 0 Å². The molecule has 4 nitrogen and oxygen atoms in total. The van der Waals surface area contributed by atoms with E-state index in [1.807, 2.05) is 19.9 Å². The molecule has 2 saturated heterocycles. The standard InChI is InChI=1S/C17H23NO3/c1-12-9-13(2)15(18-11-12)16(19)14-3-6-21-17(10-14)4-7-20-8-5-17/h9,11,14H,3-8,10H2,1-2H3. The van der Waals surface area contributed by atoms with Crippen molar-refractivity contribution in [3.05, 3.63) is 29.1 Å². The van der Waals surface area contributed by atoms with Crippen molar-refractivity contribution in [3.63, 3.8) is 0 Å². The largest absolute Gasteiger partial charge is 0.381 e. The molecule has 1 unspecified atom stereocenters. The number of ketones is 1. The van der Waals surface area contributed by atoms with Crippen LogP contribution in [-0.4, -0.2) is 36.2 Å². The lowest BCUT2D eigenvalue weighted by molar-refractivity contribution is -0.142. The summed E-state index contributed by atoms with van der Waals surface area (Å²) in [6.45, 7) is 6.11. The second-order valence-corrected chi connectivity index (χ2v) is 6.38. The topological polar surface area (TPSA) is 48.4 Å². The predicted molar refractivity (Wildman–Crippen MR) is 79.5 cm³/mol. The summed E-state index contributed by atoms with van der Waals surface area (Å²) in [5.41, 5.74) is 2.56. The predicted octanol–water partition coefficient (Wildman–Crippen LogP) is 2.86. The lowest BCUT2D eigenvalue weighted by Crippen LogP contribution is -2.46. The Kier molecular flexibility index (Phi) is 4.09. The summed E-state index contributed by atoms with van der Waals surface area (Å²) in [6, 6.07) is 2.03. The van der Waals surface area contributed by atoms with Gasteiger partial charge in [0.2, 0.25) is 0 Å². The maximum Gasteiger partial charge on any atom is 0.184 e. The summed E-state index contributed by atoms with van der Waals surface area (Å²) < 4.78 is 11.5. The van der Waals surface area contributed by atoms with Crippen molar-refractivity contribution in [2.75, 3.05) is 19.8 Å². The van der Waals surface area contributed by atoms with Gasteiger partial charge in [-0.2, -0.15) is 0 Å². The van der Waals surface area contributed by atoms with Crippen molar-refractivity contribution in [1.82, 2.24) is 4.98 Å². The summed E-state index contributed by atoms with van der Waals surface area (Å²) in [7, 11) is 0. The molecule has 3 rings (SSSR count). The van der Waals surface area contributed by atoms with Crippen LogP contribution in [0.4, 0.5) is 0 Å². The molecule has 0 radical (unpaired) electrons. The van der Waals surface area contributed by atoms with E-state index in [0.29, 0.717) is 12.3 Å². The number of rotatable bonds is 2. The monoisotopic (exact) mass is 289 g/mol. The van der Waals surface area contributed by atoms with Crippen LogP contribution in [-0.2, 0) is 9.47 Å². The van der Waals surface area contributed by atoms with Gasteiger partial charge in [0, 0.05) is 31.9 Å². The molecule has 0 bridgehead atoms. The number of carbonyl (C=O) groups is 1. The fourth-order valence-corrected chi connectivity index (χ4v) is 3.51. The lowest BCUT2D eigenvalue weighted by atomic mass is 9.78. The van der Waals surface area contributed by atoms with Crippen molar-refractivity contribution in [2.24, 2.45) is 5.92 Å². The Bertz CT molecular complexity index is 529. The second kappa shape index (κ2) is 5.85. The van der Waals surface area contributed by atoms with Crippen LogP contribution in [0.25, 0.3) is 0 Å². The Balaban J connectivity index is 1.77. The fourth-order valence-electron chi connectivity index (χ4n) is 3.51. The maximum atomic E-state index is 12.8. The zero-order valence-corrected chi connectivity index (χ0v) is 12.9. The first-order chi connectivity index (χ1) is 10.1. The highest BCUT2D eigenvalue weighted by molar-refractivity contribution is 5.97. The quantitative estimate of drug-likeness (QED) is 0.786. The number of nitrogens with zero attached hydrogens (tertiary/aromatic N) is 1. The summed E-state index contributed by atoms with van der Waals surface area (Å²) in [6.07, 6.45) is 5.19. The van der Waals surface area contributed by atoms with Gasteiger partial charge in [-0.15, -0.1) is 0 Å². The minimum atomic E-state index is -0.143. The Labute approximate surface area is 125 Å². The third-order valence-corrected chi connectivity index (χ3v) is 4.72. The van der Waals surface area contributed by atoms with Gasteiger partial charge in [-0.1, -0.05) is 6.07 Å². The van der Waals surface area contributed by atoms with Crippen molar-refractivity contribution in [3.8, 4) is 0 Å². The second-order valence-electron chi connectivity index (χ2n) is 6.38. The number of carbonyl (C=O) groups excluding carboxylic acids is 1. The van der Waals surface area contributed by atoms with Crippen molar-refractivity contribution >= 4 is 5.78 Å². The first kappa shape index (κ1) is 14.7. The highest BCUT2D eigenvalue weighted by Crippen LogP contribution is 2.38. The van der Waals surface area contributed by atoms with E-state index in [2.05, 4.69) is 4.98 Å². The zero-order chi connectivity index (χ0) is 14.9. The van der Waals surface area contributed by atoms with Gasteiger partial charge < -0.3 is 9.47 Å². The van der Waals surface area contributed by atoms with Crippen LogP contribution in [0.5, 0.6) is 0 Å². The van der Waals surface area contributed by atoms with E-state index in [1.54, 1.807) is 6.20 Å². The number of Topliss-reactive ketones (excluding diaryl/α,β-unsaturated/α-hetero) is 1. The Hall–Kier alpha value is -1.26. The molecule has 0 amide bonds. The van der Waals surface area contributed by atoms with Gasteiger partial charge in [-0.05, 0) is 50.7 Å². The molecule has 1 spiro atoms. The van der Waals surface area contributed by atoms with Gasteiger partial charge in [-0.25, -0.2) is 0 Å². The van der Waals surface area contributed by atoms with Crippen molar-refractivity contribution < 1.29 is 14.3 Å². The number of aromatic nitrogens is 1. The van der Waals surface area contributed by atoms with E-state index in [4.69, 9.17) is 9.47 Å². The van der Waals surface area contributed by atoms with Crippen LogP contribution in [0.1, 0.15) is 47.3 Å². The normalized spacial score (nSPS) is 25.0. The van der Waals surface area contributed by atoms with E-state index >= 15 is 0 Å². The van der Waals surface area contributed by atoms with Gasteiger partial charge >= 0.3 is 0 Å². The van der Waals surface area contributed by atoms with E-state index in [9.17, 15) is 4.79 Å². The van der Waals surface area contributed by atoms with E-state index in [-0.39, 0.29) is 17.3 Å².